The van der Waals surface area contributed by atoms with Gasteiger partial charge in [-0.3, -0.25) is 4.79 Å². The summed E-state index contributed by atoms with van der Waals surface area (Å²) in [6.07, 6.45) is 3.40. The smallest absolute Gasteiger partial charge is 0.233 e. The average molecular weight is 345 g/mol. The van der Waals surface area contributed by atoms with Crippen molar-refractivity contribution in [3.05, 3.63) is 29.3 Å². The van der Waals surface area contributed by atoms with E-state index in [4.69, 9.17) is 0 Å². The first-order valence-corrected chi connectivity index (χ1v) is 9.33. The molecule has 0 unspecified atom stereocenters. The Morgan fingerprint density at radius 3 is 2.75 bits per heavy atom. The molecule has 24 heavy (non-hydrogen) atoms. The van der Waals surface area contributed by atoms with E-state index < -0.39 is 0 Å². The van der Waals surface area contributed by atoms with E-state index in [-0.39, 0.29) is 5.91 Å². The number of thioether (sulfide) groups is 1. The quantitative estimate of drug-likeness (QED) is 0.797. The number of likely N-dealkylation sites (tertiary alicyclic amines) is 1. The van der Waals surface area contributed by atoms with Crippen molar-refractivity contribution in [3.63, 3.8) is 0 Å². The Hall–Kier alpha value is -1.89. The van der Waals surface area contributed by atoms with Gasteiger partial charge < -0.3 is 4.90 Å². The van der Waals surface area contributed by atoms with Crippen molar-refractivity contribution in [3.8, 4) is 5.69 Å². The zero-order valence-corrected chi connectivity index (χ0v) is 15.2. The number of para-hydroxylation sites is 1. The van der Waals surface area contributed by atoms with Gasteiger partial charge in [0.05, 0.1) is 11.4 Å². The number of amides is 1. The summed E-state index contributed by atoms with van der Waals surface area (Å²) in [6, 6.07) is 6.44. The molecule has 0 radical (unpaired) electrons. The molecule has 2 heterocycles. The van der Waals surface area contributed by atoms with E-state index in [1.54, 1.807) is 4.68 Å². The highest BCUT2D eigenvalue weighted by atomic mass is 32.2. The molecule has 1 aromatic heterocycles. The van der Waals surface area contributed by atoms with E-state index in [1.165, 1.54) is 18.2 Å². The molecule has 0 N–H and O–H groups in total. The maximum absolute atomic E-state index is 12.5. The van der Waals surface area contributed by atoms with Crippen LogP contribution in [0.3, 0.4) is 0 Å². The Kier molecular flexibility index (Phi) is 5.18. The molecule has 1 saturated heterocycles. The molecule has 2 aromatic rings. The number of tetrazole rings is 1. The van der Waals surface area contributed by atoms with E-state index in [0.29, 0.717) is 17.0 Å². The molecule has 7 heteroatoms. The molecule has 128 valence electrons. The zero-order chi connectivity index (χ0) is 17.1. The van der Waals surface area contributed by atoms with Gasteiger partial charge in [-0.15, -0.1) is 5.10 Å². The zero-order valence-electron chi connectivity index (χ0n) is 14.4. The molecule has 1 fully saturated rings. The lowest BCUT2D eigenvalue weighted by Gasteiger charge is -2.33. The van der Waals surface area contributed by atoms with Crippen molar-refractivity contribution < 1.29 is 4.79 Å². The minimum absolute atomic E-state index is 0.170. The van der Waals surface area contributed by atoms with Gasteiger partial charge in [0.2, 0.25) is 11.1 Å². The molecule has 0 saturated carbocycles. The first-order valence-electron chi connectivity index (χ1n) is 8.35. The van der Waals surface area contributed by atoms with Crippen LogP contribution in [0.25, 0.3) is 5.69 Å². The van der Waals surface area contributed by atoms with E-state index in [2.05, 4.69) is 22.4 Å². The molecule has 6 nitrogen and oxygen atoms in total. The van der Waals surface area contributed by atoms with Gasteiger partial charge in [-0.25, -0.2) is 0 Å². The van der Waals surface area contributed by atoms with Gasteiger partial charge in [0.15, 0.2) is 0 Å². The SMILES string of the molecule is Cc1cccc(C)c1-n1nnnc1SCC(=O)N1CCCC[C@@H]1C. The van der Waals surface area contributed by atoms with E-state index >= 15 is 0 Å². The lowest BCUT2D eigenvalue weighted by atomic mass is 10.0. The highest BCUT2D eigenvalue weighted by Crippen LogP contribution is 2.24. The third-order valence-corrected chi connectivity index (χ3v) is 5.44. The normalized spacial score (nSPS) is 18.0. The fourth-order valence-corrected chi connectivity index (χ4v) is 3.99. The molecule has 1 aromatic carbocycles. The van der Waals surface area contributed by atoms with Crippen LogP contribution in [0.4, 0.5) is 0 Å². The average Bonchev–Trinajstić information content (AvgIpc) is 3.01. The van der Waals surface area contributed by atoms with Crippen LogP contribution in [0.5, 0.6) is 0 Å². The number of benzene rings is 1. The Labute approximate surface area is 146 Å². The Morgan fingerprint density at radius 2 is 2.04 bits per heavy atom. The van der Waals surface area contributed by atoms with E-state index in [1.807, 2.05) is 36.9 Å². The lowest BCUT2D eigenvalue weighted by Crippen LogP contribution is -2.43. The van der Waals surface area contributed by atoms with Crippen LogP contribution in [0.15, 0.2) is 23.4 Å². The van der Waals surface area contributed by atoms with Crippen molar-refractivity contribution in [1.29, 1.82) is 0 Å². The van der Waals surface area contributed by atoms with Crippen molar-refractivity contribution in [2.24, 2.45) is 0 Å². The fraction of sp³-hybridized carbons (Fsp3) is 0.529. The summed E-state index contributed by atoms with van der Waals surface area (Å²) in [5.41, 5.74) is 3.21. The minimum atomic E-state index is 0.170. The van der Waals surface area contributed by atoms with Crippen molar-refractivity contribution >= 4 is 17.7 Å². The lowest BCUT2D eigenvalue weighted by molar-refractivity contribution is -0.131. The Balaban J connectivity index is 1.73. The molecule has 3 rings (SSSR count). The highest BCUT2D eigenvalue weighted by Gasteiger charge is 2.24. The molecular weight excluding hydrogens is 322 g/mol. The summed E-state index contributed by atoms with van der Waals surface area (Å²) in [5.74, 6) is 0.540. The summed E-state index contributed by atoms with van der Waals surface area (Å²) >= 11 is 1.41. The monoisotopic (exact) mass is 345 g/mol. The van der Waals surface area contributed by atoms with Gasteiger partial charge in [-0.2, -0.15) is 4.68 Å². The van der Waals surface area contributed by atoms with E-state index in [9.17, 15) is 4.79 Å². The van der Waals surface area contributed by atoms with Crippen molar-refractivity contribution in [2.75, 3.05) is 12.3 Å². The second kappa shape index (κ2) is 7.34. The van der Waals surface area contributed by atoms with Crippen LogP contribution in [0.2, 0.25) is 0 Å². The number of hydrogen-bond donors (Lipinski definition) is 0. The number of carbonyl (C=O) groups is 1. The molecule has 1 aliphatic rings. The summed E-state index contributed by atoms with van der Waals surface area (Å²) in [4.78, 5) is 14.5. The largest absolute Gasteiger partial charge is 0.339 e. The first kappa shape index (κ1) is 17.0. The third-order valence-electron chi connectivity index (χ3n) is 4.54. The van der Waals surface area contributed by atoms with Crippen LogP contribution in [-0.4, -0.2) is 49.4 Å². The predicted octanol–water partition coefficient (Wildman–Crippen LogP) is 2.77. The Morgan fingerprint density at radius 1 is 1.29 bits per heavy atom. The van der Waals surface area contributed by atoms with Gasteiger partial charge in [-0.1, -0.05) is 30.0 Å². The van der Waals surface area contributed by atoms with Crippen LogP contribution < -0.4 is 0 Å². The Bertz CT molecular complexity index is 709. The fourth-order valence-electron chi connectivity index (χ4n) is 3.23. The highest BCUT2D eigenvalue weighted by molar-refractivity contribution is 7.99. The summed E-state index contributed by atoms with van der Waals surface area (Å²) < 4.78 is 1.74. The molecule has 0 bridgehead atoms. The molecule has 0 aliphatic carbocycles. The number of rotatable bonds is 4. The first-order chi connectivity index (χ1) is 11.6. The minimum Gasteiger partial charge on any atom is -0.339 e. The second-order valence-electron chi connectivity index (χ2n) is 6.33. The number of aromatic nitrogens is 4. The molecule has 0 spiro atoms. The maximum Gasteiger partial charge on any atom is 0.233 e. The van der Waals surface area contributed by atoms with Gasteiger partial charge in [0.25, 0.3) is 0 Å². The summed E-state index contributed by atoms with van der Waals surface area (Å²) in [6.45, 7) is 7.07. The molecule has 1 amide bonds. The summed E-state index contributed by atoms with van der Waals surface area (Å²) in [7, 11) is 0. The number of carbonyl (C=O) groups excluding carboxylic acids is 1. The van der Waals surface area contributed by atoms with Crippen molar-refractivity contribution in [2.45, 2.75) is 51.2 Å². The number of hydrogen-bond acceptors (Lipinski definition) is 5. The van der Waals surface area contributed by atoms with Gasteiger partial charge in [-0.05, 0) is 61.6 Å². The number of piperidine rings is 1. The standard InChI is InChI=1S/C17H23N5OS/c1-12-7-6-8-13(2)16(12)22-17(18-19-20-22)24-11-15(23)21-10-5-4-9-14(21)3/h6-8,14H,4-5,9-11H2,1-3H3/t14-/m0/s1. The molecule has 1 aliphatic heterocycles. The van der Waals surface area contributed by atoms with Crippen LogP contribution >= 0.6 is 11.8 Å². The third kappa shape index (κ3) is 3.45. The van der Waals surface area contributed by atoms with Gasteiger partial charge in [0.1, 0.15) is 0 Å². The van der Waals surface area contributed by atoms with Crippen LogP contribution in [0.1, 0.15) is 37.3 Å². The van der Waals surface area contributed by atoms with Gasteiger partial charge >= 0.3 is 0 Å². The van der Waals surface area contributed by atoms with Crippen LogP contribution in [-0.2, 0) is 4.79 Å². The second-order valence-corrected chi connectivity index (χ2v) is 7.28. The number of aryl methyl sites for hydroxylation is 2. The topological polar surface area (TPSA) is 63.9 Å². The maximum atomic E-state index is 12.5. The van der Waals surface area contributed by atoms with Gasteiger partial charge in [0, 0.05) is 12.6 Å². The predicted molar refractivity (Wildman–Crippen MR) is 94.4 cm³/mol. The van der Waals surface area contributed by atoms with Crippen molar-refractivity contribution in [1.82, 2.24) is 25.1 Å². The summed E-state index contributed by atoms with van der Waals surface area (Å²) in [5, 5.41) is 12.7. The number of nitrogens with zero attached hydrogens (tertiary/aromatic N) is 5. The molecular formula is C17H23N5OS. The van der Waals surface area contributed by atoms with E-state index in [0.717, 1.165) is 36.2 Å². The molecule has 1 atom stereocenters. The van der Waals surface area contributed by atoms with Crippen LogP contribution in [0, 0.1) is 13.8 Å².